The molecular weight excluding hydrogens is 569 g/mol. The Hall–Kier alpha value is -2.89. The highest BCUT2D eigenvalue weighted by atomic mass is 32.1. The van der Waals surface area contributed by atoms with Gasteiger partial charge in [0, 0.05) is 35.1 Å². The summed E-state index contributed by atoms with van der Waals surface area (Å²) in [6.07, 6.45) is 0.154. The van der Waals surface area contributed by atoms with Gasteiger partial charge in [0.15, 0.2) is 14.1 Å². The Balaban J connectivity index is 1.56. The Labute approximate surface area is 254 Å². The first-order valence-electron chi connectivity index (χ1n) is 14.6. The molecular formula is C31H46N4O5SSi. The molecule has 11 heteroatoms. The lowest BCUT2D eigenvalue weighted by molar-refractivity contribution is -0.141. The molecule has 0 radical (unpaired) electrons. The molecule has 2 aromatic rings. The van der Waals surface area contributed by atoms with Crippen LogP contribution in [0.1, 0.15) is 83.7 Å². The number of nitrogens with one attached hydrogen (secondary N) is 2. The van der Waals surface area contributed by atoms with Gasteiger partial charge in [0.25, 0.3) is 5.88 Å². The number of likely N-dealkylation sites (tertiary alicyclic amines) is 1. The monoisotopic (exact) mass is 614 g/mol. The lowest BCUT2D eigenvalue weighted by Crippen LogP contribution is -2.48. The average Bonchev–Trinajstić information content (AvgIpc) is 3.63. The summed E-state index contributed by atoms with van der Waals surface area (Å²) in [5.41, 5.74) is 5.30. The van der Waals surface area contributed by atoms with Crippen LogP contribution < -0.4 is 10.6 Å². The fourth-order valence-corrected chi connectivity index (χ4v) is 7.58. The van der Waals surface area contributed by atoms with Gasteiger partial charge in [0.1, 0.15) is 12.0 Å². The number of hydrogen-bond donors (Lipinski definition) is 4. The zero-order valence-electron chi connectivity index (χ0n) is 26.2. The van der Waals surface area contributed by atoms with E-state index in [4.69, 9.17) is 8.95 Å². The number of rotatable bonds is 9. The minimum absolute atomic E-state index is 0.0125. The summed E-state index contributed by atoms with van der Waals surface area (Å²) >= 11 is 1.14. The second-order valence-electron chi connectivity index (χ2n) is 13.3. The Morgan fingerprint density at radius 1 is 1.21 bits per heavy atom. The lowest BCUT2D eigenvalue weighted by Gasteiger charge is -2.38. The molecule has 2 aliphatic rings. The van der Waals surface area contributed by atoms with Crippen molar-refractivity contribution < 1.29 is 23.6 Å². The highest BCUT2D eigenvalue weighted by molar-refractivity contribution is 8.06. The summed E-state index contributed by atoms with van der Waals surface area (Å²) in [4.78, 5) is 30.8. The summed E-state index contributed by atoms with van der Waals surface area (Å²) < 4.78 is 12.0. The van der Waals surface area contributed by atoms with Crippen LogP contribution >= 0.6 is 11.4 Å². The molecule has 4 atom stereocenters. The molecule has 2 unspecified atom stereocenters. The zero-order valence-corrected chi connectivity index (χ0v) is 28.1. The molecule has 2 aliphatic heterocycles. The molecule has 3 heterocycles. The molecule has 1 fully saturated rings. The number of aromatic nitrogens is 1. The van der Waals surface area contributed by atoms with E-state index in [1.807, 2.05) is 38.4 Å². The number of hydrogen-bond acceptors (Lipinski definition) is 7. The molecule has 0 saturated carbocycles. The van der Waals surface area contributed by atoms with Gasteiger partial charge in [-0.25, -0.2) is 0 Å². The number of aromatic hydroxyl groups is 1. The van der Waals surface area contributed by atoms with Crippen LogP contribution in [0.2, 0.25) is 18.1 Å². The van der Waals surface area contributed by atoms with Crippen molar-refractivity contribution in [2.24, 2.45) is 5.92 Å². The maximum absolute atomic E-state index is 14.1. The lowest BCUT2D eigenvalue weighted by atomic mass is 9.91. The zero-order chi connectivity index (χ0) is 31.0. The topological polar surface area (TPSA) is 117 Å². The highest BCUT2D eigenvalue weighted by Gasteiger charge is 2.47. The van der Waals surface area contributed by atoms with Crippen LogP contribution in [0.3, 0.4) is 0 Å². The number of carbonyl (C=O) groups excluding carboxylic acids is 2. The number of allylic oxidation sites excluding steroid dienone is 1. The molecule has 0 aliphatic carbocycles. The quantitative estimate of drug-likeness (QED) is 0.167. The van der Waals surface area contributed by atoms with Crippen LogP contribution in [0.5, 0.6) is 5.88 Å². The van der Waals surface area contributed by atoms with E-state index in [-0.39, 0.29) is 46.6 Å². The van der Waals surface area contributed by atoms with Gasteiger partial charge in [-0.15, -0.1) is 0 Å². The predicted molar refractivity (Wildman–Crippen MR) is 172 cm³/mol. The molecule has 3 N–H and O–H groups in total. The summed E-state index contributed by atoms with van der Waals surface area (Å²) in [7, 11) is -2.16. The molecule has 0 bridgehead atoms. The number of thiol groups is 1. The fraction of sp³-hybridized carbons (Fsp3) is 0.548. The first kappa shape index (κ1) is 32.0. The van der Waals surface area contributed by atoms with Crippen molar-refractivity contribution in [3.8, 4) is 5.88 Å². The molecule has 2 amide bonds. The van der Waals surface area contributed by atoms with Crippen molar-refractivity contribution in [2.75, 3.05) is 6.54 Å². The Morgan fingerprint density at radius 2 is 1.88 bits per heavy atom. The molecule has 1 aromatic heterocycles. The molecule has 0 spiro atoms. The Morgan fingerprint density at radius 3 is 2.40 bits per heavy atom. The summed E-state index contributed by atoms with van der Waals surface area (Å²) in [6.45, 7) is 19.1. The number of nitrogens with zero attached hydrogens (tertiary/aromatic N) is 2. The first-order chi connectivity index (χ1) is 19.6. The van der Waals surface area contributed by atoms with E-state index >= 15 is 0 Å². The van der Waals surface area contributed by atoms with E-state index < -0.39 is 20.3 Å². The predicted octanol–water partition coefficient (Wildman–Crippen LogP) is 5.51. The summed E-state index contributed by atoms with van der Waals surface area (Å²) in [5.74, 6) is -1.26. The van der Waals surface area contributed by atoms with Crippen LogP contribution in [0.4, 0.5) is 0 Å². The van der Waals surface area contributed by atoms with E-state index in [0.717, 1.165) is 28.2 Å². The van der Waals surface area contributed by atoms with Crippen molar-refractivity contribution in [3.05, 3.63) is 52.9 Å². The molecule has 1 saturated heterocycles. The number of carbonyl (C=O) groups is 2. The maximum atomic E-state index is 14.1. The smallest absolute Gasteiger partial charge is 0.251 e. The van der Waals surface area contributed by atoms with Gasteiger partial charge in [-0.05, 0) is 54.2 Å². The largest absolute Gasteiger partial charge is 0.491 e. The van der Waals surface area contributed by atoms with E-state index in [1.54, 1.807) is 4.90 Å². The highest BCUT2D eigenvalue weighted by Crippen LogP contribution is 2.40. The fourth-order valence-electron chi connectivity index (χ4n) is 5.28. The van der Waals surface area contributed by atoms with Crippen LogP contribution in [0.25, 0.3) is 4.91 Å². The number of amides is 2. The van der Waals surface area contributed by atoms with Gasteiger partial charge in [-0.3, -0.25) is 9.59 Å². The Bertz CT molecular complexity index is 1360. The van der Waals surface area contributed by atoms with Crippen LogP contribution in [0, 0.1) is 5.92 Å². The minimum Gasteiger partial charge on any atom is -0.491 e. The van der Waals surface area contributed by atoms with Crippen molar-refractivity contribution in [2.45, 2.75) is 97.1 Å². The van der Waals surface area contributed by atoms with E-state index in [9.17, 15) is 14.7 Å². The third-order valence-electron chi connectivity index (χ3n) is 8.74. The second kappa shape index (κ2) is 12.4. The molecule has 4 rings (SSSR count). The van der Waals surface area contributed by atoms with Crippen molar-refractivity contribution >= 4 is 41.9 Å². The van der Waals surface area contributed by atoms with Crippen molar-refractivity contribution in [1.82, 2.24) is 20.7 Å². The van der Waals surface area contributed by atoms with E-state index in [2.05, 4.69) is 68.7 Å². The third kappa shape index (κ3) is 6.84. The maximum Gasteiger partial charge on any atom is 0.251 e. The molecule has 1 aromatic carbocycles. The van der Waals surface area contributed by atoms with E-state index in [0.29, 0.717) is 13.0 Å². The number of benzene rings is 1. The molecule has 9 nitrogen and oxygen atoms in total. The second-order valence-corrected chi connectivity index (χ2v) is 19.0. The van der Waals surface area contributed by atoms with Crippen LogP contribution in [0.15, 0.2) is 40.6 Å². The standard InChI is InChI=1S/C31H46N4O5SSi/c1-18(2)27(25-15-26(36)34-39-25)30(38)35-16-23(40-42(8,9)31(5,6)7)14-24(35)29(37)33-19(3)21-10-12-22(13-11-21)28-20(4)32-17-41-28/h10-13,15,17-19,23-24,27,32,41H,14,16H2,1-9H3,(H,33,37)(H,34,36)/t19-,23?,24-,27?/m0/s1. The van der Waals surface area contributed by atoms with Gasteiger partial charge < -0.3 is 29.6 Å². The Kier molecular flexibility index (Phi) is 9.44. The van der Waals surface area contributed by atoms with E-state index in [1.165, 1.54) is 11.0 Å². The molecule has 42 heavy (non-hydrogen) atoms. The van der Waals surface area contributed by atoms with Gasteiger partial charge in [0.05, 0.1) is 12.1 Å². The SMILES string of the molecule is CC1=C(c2ccc([C@H](C)NC(=O)[C@@H]3CC(O[Si](C)(C)C(C)(C)C)CN3C(=O)C(c3cc(O)no3)C(C)C)cc2)[SH]=CN1. The van der Waals surface area contributed by atoms with Gasteiger partial charge in [-0.1, -0.05) is 58.9 Å². The minimum atomic E-state index is -2.16. The van der Waals surface area contributed by atoms with Gasteiger partial charge >= 0.3 is 0 Å². The van der Waals surface area contributed by atoms with Crippen LogP contribution in [-0.4, -0.2) is 59.5 Å². The summed E-state index contributed by atoms with van der Waals surface area (Å²) in [5, 5.41) is 19.8. The summed E-state index contributed by atoms with van der Waals surface area (Å²) in [6, 6.07) is 8.68. The van der Waals surface area contributed by atoms with Gasteiger partial charge in [-0.2, -0.15) is 11.4 Å². The average molecular weight is 615 g/mol. The molecule has 230 valence electrons. The van der Waals surface area contributed by atoms with Gasteiger partial charge in [0.2, 0.25) is 11.8 Å². The first-order valence-corrected chi connectivity index (χ1v) is 18.5. The normalized spacial score (nSPS) is 20.9. The van der Waals surface area contributed by atoms with Crippen molar-refractivity contribution in [1.29, 1.82) is 0 Å². The van der Waals surface area contributed by atoms with Crippen molar-refractivity contribution in [3.63, 3.8) is 0 Å². The van der Waals surface area contributed by atoms with Crippen LogP contribution in [-0.2, 0) is 14.0 Å². The third-order valence-corrected chi connectivity index (χ3v) is 14.4.